The van der Waals surface area contributed by atoms with Gasteiger partial charge in [-0.15, -0.1) is 0 Å². The van der Waals surface area contributed by atoms with Gasteiger partial charge in [-0.2, -0.15) is 0 Å². The molecule has 1 saturated carbocycles. The molecule has 0 heterocycles. The zero-order valence-electron chi connectivity index (χ0n) is 11.0. The molecule has 4 nitrogen and oxygen atoms in total. The number of nitrogen functional groups attached to an aromatic ring is 1. The maximum absolute atomic E-state index is 12.2. The van der Waals surface area contributed by atoms with Crippen molar-refractivity contribution < 1.29 is 4.79 Å². The highest BCUT2D eigenvalue weighted by molar-refractivity contribution is 5.99. The van der Waals surface area contributed by atoms with E-state index in [1.165, 1.54) is 12.8 Å². The highest BCUT2D eigenvalue weighted by atomic mass is 16.1. The highest BCUT2D eigenvalue weighted by Crippen LogP contribution is 2.25. The van der Waals surface area contributed by atoms with Crippen LogP contribution in [0.1, 0.15) is 42.1 Å². The van der Waals surface area contributed by atoms with E-state index in [9.17, 15) is 4.79 Å². The molecular weight excluding hydrogens is 226 g/mol. The Morgan fingerprint density at radius 2 is 2.17 bits per heavy atom. The third-order valence-electron chi connectivity index (χ3n) is 3.75. The van der Waals surface area contributed by atoms with Crippen LogP contribution >= 0.6 is 0 Å². The molecule has 98 valence electrons. The molecule has 2 atom stereocenters. The molecule has 1 aromatic rings. The first-order chi connectivity index (χ1) is 8.61. The number of carbonyl (C=O) groups is 1. The zero-order chi connectivity index (χ0) is 13.1. The number of benzene rings is 1. The number of hydrogen-bond acceptors (Lipinski definition) is 3. The van der Waals surface area contributed by atoms with E-state index in [1.54, 1.807) is 0 Å². The van der Waals surface area contributed by atoms with Crippen LogP contribution in [0.3, 0.4) is 0 Å². The number of hydrogen-bond donors (Lipinski definition) is 3. The second-order valence-corrected chi connectivity index (χ2v) is 5.18. The quantitative estimate of drug-likeness (QED) is 0.566. The van der Waals surface area contributed by atoms with Gasteiger partial charge in [0.2, 0.25) is 0 Å². The number of rotatable bonds is 3. The van der Waals surface area contributed by atoms with Gasteiger partial charge in [0.1, 0.15) is 0 Å². The lowest BCUT2D eigenvalue weighted by Crippen LogP contribution is -2.36. The third-order valence-corrected chi connectivity index (χ3v) is 3.75. The molecule has 0 aromatic heterocycles. The predicted molar refractivity (Wildman–Crippen MR) is 73.3 cm³/mol. The van der Waals surface area contributed by atoms with Crippen LogP contribution in [0.2, 0.25) is 0 Å². The Morgan fingerprint density at radius 3 is 2.78 bits per heavy atom. The minimum absolute atomic E-state index is 0.0401. The summed E-state index contributed by atoms with van der Waals surface area (Å²) in [4.78, 5) is 12.2. The number of aryl methyl sites for hydroxylation is 1. The van der Waals surface area contributed by atoms with Crippen molar-refractivity contribution in [3.05, 3.63) is 29.3 Å². The van der Waals surface area contributed by atoms with Crippen molar-refractivity contribution in [1.29, 1.82) is 0 Å². The number of anilines is 1. The minimum atomic E-state index is -0.0401. The van der Waals surface area contributed by atoms with Crippen LogP contribution < -0.4 is 16.6 Å². The highest BCUT2D eigenvalue weighted by Gasteiger charge is 2.25. The second-order valence-electron chi connectivity index (χ2n) is 5.18. The van der Waals surface area contributed by atoms with E-state index in [2.05, 4.69) is 17.7 Å². The molecule has 1 aliphatic carbocycles. The summed E-state index contributed by atoms with van der Waals surface area (Å²) < 4.78 is 0. The van der Waals surface area contributed by atoms with Crippen molar-refractivity contribution >= 4 is 11.6 Å². The summed E-state index contributed by atoms with van der Waals surface area (Å²) in [6.07, 6.45) is 3.47. The monoisotopic (exact) mass is 247 g/mol. The molecule has 0 radical (unpaired) electrons. The largest absolute Gasteiger partial charge is 0.349 e. The summed E-state index contributed by atoms with van der Waals surface area (Å²) in [6, 6.07) is 5.92. The number of carbonyl (C=O) groups excluding carboxylic acids is 1. The van der Waals surface area contributed by atoms with Gasteiger partial charge >= 0.3 is 0 Å². The van der Waals surface area contributed by atoms with Crippen molar-refractivity contribution in [2.75, 3.05) is 5.43 Å². The van der Waals surface area contributed by atoms with Gasteiger partial charge < -0.3 is 10.7 Å². The van der Waals surface area contributed by atoms with Gasteiger partial charge in [0.25, 0.3) is 5.91 Å². The molecule has 1 aliphatic rings. The Morgan fingerprint density at radius 1 is 1.39 bits per heavy atom. The molecule has 2 rings (SSSR count). The fourth-order valence-electron chi connectivity index (χ4n) is 2.58. The van der Waals surface area contributed by atoms with Crippen molar-refractivity contribution in [2.24, 2.45) is 11.8 Å². The van der Waals surface area contributed by atoms with E-state index in [-0.39, 0.29) is 5.91 Å². The molecule has 1 fully saturated rings. The molecule has 4 N–H and O–H groups in total. The third kappa shape index (κ3) is 2.64. The molecule has 4 heteroatoms. The lowest BCUT2D eigenvalue weighted by molar-refractivity contribution is 0.0930. The zero-order valence-corrected chi connectivity index (χ0v) is 11.0. The summed E-state index contributed by atoms with van der Waals surface area (Å²) >= 11 is 0. The Balaban J connectivity index is 2.13. The number of nitrogens with two attached hydrogens (primary N) is 1. The number of hydrazine groups is 1. The lowest BCUT2D eigenvalue weighted by atomic mass is 10.0. The predicted octanol–water partition coefficient (Wildman–Crippen LogP) is 2.20. The van der Waals surface area contributed by atoms with Gasteiger partial charge in [0, 0.05) is 6.04 Å². The van der Waals surface area contributed by atoms with E-state index in [4.69, 9.17) is 5.84 Å². The van der Waals surface area contributed by atoms with Crippen molar-refractivity contribution in [2.45, 2.75) is 39.2 Å². The van der Waals surface area contributed by atoms with E-state index >= 15 is 0 Å². The molecule has 0 aliphatic heterocycles. The average Bonchev–Trinajstić information content (AvgIpc) is 2.74. The molecule has 1 amide bonds. The van der Waals surface area contributed by atoms with E-state index in [1.807, 2.05) is 25.1 Å². The van der Waals surface area contributed by atoms with Crippen molar-refractivity contribution in [1.82, 2.24) is 5.32 Å². The first-order valence-electron chi connectivity index (χ1n) is 6.50. The second kappa shape index (κ2) is 5.40. The van der Waals surface area contributed by atoms with Gasteiger partial charge in [-0.05, 0) is 43.4 Å². The topological polar surface area (TPSA) is 67.2 Å². The molecule has 0 saturated heterocycles. The Kier molecular flexibility index (Phi) is 3.87. The van der Waals surface area contributed by atoms with E-state index < -0.39 is 0 Å². The Bertz CT molecular complexity index is 445. The van der Waals surface area contributed by atoms with Gasteiger partial charge in [-0.25, -0.2) is 0 Å². The van der Waals surface area contributed by atoms with E-state index in [0.717, 1.165) is 12.0 Å². The number of amides is 1. The molecule has 0 spiro atoms. The summed E-state index contributed by atoms with van der Waals surface area (Å²) in [5.41, 5.74) is 4.96. The van der Waals surface area contributed by atoms with Gasteiger partial charge in [0.05, 0.1) is 11.3 Å². The Hall–Kier alpha value is -1.55. The number of nitrogens with one attached hydrogen (secondary N) is 2. The fourth-order valence-corrected chi connectivity index (χ4v) is 2.58. The molecule has 18 heavy (non-hydrogen) atoms. The summed E-state index contributed by atoms with van der Waals surface area (Å²) in [5, 5.41) is 3.10. The van der Waals surface area contributed by atoms with Gasteiger partial charge in [-0.1, -0.05) is 19.4 Å². The fraction of sp³-hybridized carbons (Fsp3) is 0.500. The normalized spacial score (nSPS) is 22.8. The standard InChI is InChI=1S/C14H21N3O/c1-9-6-7-11(13(8-9)17-15)14(18)16-12-5-3-4-10(12)2/h6-8,10,12,17H,3-5,15H2,1-2H3,(H,16,18). The van der Waals surface area contributed by atoms with Crippen LogP contribution in [0.4, 0.5) is 5.69 Å². The molecule has 2 unspecified atom stereocenters. The molecule has 1 aromatic carbocycles. The first-order valence-corrected chi connectivity index (χ1v) is 6.50. The van der Waals surface area contributed by atoms with Crippen molar-refractivity contribution in [3.63, 3.8) is 0 Å². The summed E-state index contributed by atoms with van der Waals surface area (Å²) in [7, 11) is 0. The summed E-state index contributed by atoms with van der Waals surface area (Å²) in [5.74, 6) is 5.99. The van der Waals surface area contributed by atoms with Gasteiger partial charge in [-0.3, -0.25) is 10.6 Å². The first kappa shape index (κ1) is 12.9. The van der Waals surface area contributed by atoms with Crippen LogP contribution in [0, 0.1) is 12.8 Å². The van der Waals surface area contributed by atoms with Gasteiger partial charge in [0.15, 0.2) is 0 Å². The minimum Gasteiger partial charge on any atom is -0.349 e. The summed E-state index contributed by atoms with van der Waals surface area (Å²) in [6.45, 7) is 4.16. The molecule has 0 bridgehead atoms. The maximum Gasteiger partial charge on any atom is 0.253 e. The maximum atomic E-state index is 12.2. The average molecular weight is 247 g/mol. The van der Waals surface area contributed by atoms with Crippen LogP contribution in [0.5, 0.6) is 0 Å². The molecular formula is C14H21N3O. The SMILES string of the molecule is Cc1ccc(C(=O)NC2CCCC2C)c(NN)c1. The van der Waals surface area contributed by atoms with Crippen LogP contribution in [0.15, 0.2) is 18.2 Å². The Labute approximate surface area is 108 Å². The smallest absolute Gasteiger partial charge is 0.253 e. The van der Waals surface area contributed by atoms with Crippen LogP contribution in [-0.2, 0) is 0 Å². The van der Waals surface area contributed by atoms with Crippen molar-refractivity contribution in [3.8, 4) is 0 Å². The van der Waals surface area contributed by atoms with Crippen LogP contribution in [-0.4, -0.2) is 11.9 Å². The lowest BCUT2D eigenvalue weighted by Gasteiger charge is -2.18. The van der Waals surface area contributed by atoms with Crippen LogP contribution in [0.25, 0.3) is 0 Å². The van der Waals surface area contributed by atoms with E-state index in [0.29, 0.717) is 23.2 Å².